The van der Waals surface area contributed by atoms with Crippen molar-refractivity contribution in [3.05, 3.63) is 88.3 Å². The number of esters is 1. The summed E-state index contributed by atoms with van der Waals surface area (Å²) < 4.78 is 11.0. The van der Waals surface area contributed by atoms with E-state index in [-0.39, 0.29) is 11.2 Å². The summed E-state index contributed by atoms with van der Waals surface area (Å²) in [6, 6.07) is 17.6. The van der Waals surface area contributed by atoms with E-state index in [1.807, 2.05) is 61.5 Å². The fourth-order valence-corrected chi connectivity index (χ4v) is 4.65. The number of dihydropyridines is 1. The molecule has 2 aliphatic rings. The van der Waals surface area contributed by atoms with Crippen LogP contribution in [-0.4, -0.2) is 18.9 Å². The Hall–Kier alpha value is -3.34. The lowest BCUT2D eigenvalue weighted by Crippen LogP contribution is -2.38. The Morgan fingerprint density at radius 1 is 1.06 bits per heavy atom. The molecular weight excluding hydrogens is 402 g/mol. The summed E-state index contributed by atoms with van der Waals surface area (Å²) >= 11 is 0. The number of rotatable bonds is 5. The SMILES string of the molecule is COC(=O)C1=C(C)NC2=C(C(=O)CC(C)(C)C2)C1c1ccc(OCc2ccccc2)cc1. The van der Waals surface area contributed by atoms with E-state index in [9.17, 15) is 9.59 Å². The first-order chi connectivity index (χ1) is 15.3. The number of carbonyl (C=O) groups is 2. The molecule has 1 unspecified atom stereocenters. The summed E-state index contributed by atoms with van der Waals surface area (Å²) in [7, 11) is 1.37. The van der Waals surface area contributed by atoms with Gasteiger partial charge in [0.05, 0.1) is 12.7 Å². The normalized spacial score (nSPS) is 19.9. The van der Waals surface area contributed by atoms with Crippen LogP contribution in [-0.2, 0) is 20.9 Å². The highest BCUT2D eigenvalue weighted by Crippen LogP contribution is 2.46. The molecule has 0 radical (unpaired) electrons. The van der Waals surface area contributed by atoms with Crippen LogP contribution in [0.25, 0.3) is 0 Å². The second-order valence-electron chi connectivity index (χ2n) is 9.26. The number of hydrogen-bond donors (Lipinski definition) is 1. The maximum Gasteiger partial charge on any atom is 0.336 e. The van der Waals surface area contributed by atoms with E-state index in [1.54, 1.807) is 0 Å². The Kier molecular flexibility index (Phi) is 5.92. The molecule has 0 aromatic heterocycles. The Balaban J connectivity index is 1.67. The molecule has 2 aromatic rings. The molecule has 0 saturated carbocycles. The second kappa shape index (κ2) is 8.65. The largest absolute Gasteiger partial charge is 0.489 e. The van der Waals surface area contributed by atoms with E-state index in [4.69, 9.17) is 9.47 Å². The number of ketones is 1. The molecule has 0 spiro atoms. The van der Waals surface area contributed by atoms with Gasteiger partial charge < -0.3 is 14.8 Å². The lowest BCUT2D eigenvalue weighted by molar-refractivity contribution is -0.136. The highest BCUT2D eigenvalue weighted by atomic mass is 16.5. The Bertz CT molecular complexity index is 1090. The van der Waals surface area contributed by atoms with Gasteiger partial charge in [-0.1, -0.05) is 56.3 Å². The van der Waals surface area contributed by atoms with Crippen LogP contribution in [0.5, 0.6) is 5.75 Å². The highest BCUT2D eigenvalue weighted by Gasteiger charge is 2.42. The van der Waals surface area contributed by atoms with Crippen molar-refractivity contribution in [2.24, 2.45) is 5.41 Å². The molecular formula is C27H29NO4. The maximum absolute atomic E-state index is 13.2. The van der Waals surface area contributed by atoms with Gasteiger partial charge in [0, 0.05) is 29.3 Å². The molecule has 1 atom stereocenters. The molecule has 1 N–H and O–H groups in total. The van der Waals surface area contributed by atoms with Crippen molar-refractivity contribution in [3.8, 4) is 5.75 Å². The zero-order chi connectivity index (χ0) is 22.9. The molecule has 5 heteroatoms. The molecule has 166 valence electrons. The molecule has 1 aliphatic carbocycles. The summed E-state index contributed by atoms with van der Waals surface area (Å²) in [5, 5.41) is 3.33. The number of carbonyl (C=O) groups excluding carboxylic acids is 2. The third-order valence-electron chi connectivity index (χ3n) is 6.11. The van der Waals surface area contributed by atoms with E-state index in [1.165, 1.54) is 7.11 Å². The summed E-state index contributed by atoms with van der Waals surface area (Å²) in [6.07, 6.45) is 1.21. The lowest BCUT2D eigenvalue weighted by atomic mass is 9.68. The number of Topliss-reactive ketones (excluding diaryl/α,β-unsaturated/α-hetero) is 1. The van der Waals surface area contributed by atoms with Gasteiger partial charge in [0.1, 0.15) is 12.4 Å². The standard InChI is InChI=1S/C27H29NO4/c1-17-23(26(30)31-4)24(25-21(28-17)14-27(2,3)15-22(25)29)19-10-12-20(13-11-19)32-16-18-8-6-5-7-9-18/h5-13,24,28H,14-16H2,1-4H3. The van der Waals surface area contributed by atoms with Crippen LogP contribution >= 0.6 is 0 Å². The van der Waals surface area contributed by atoms with E-state index in [0.717, 1.165) is 34.7 Å². The molecule has 1 heterocycles. The predicted octanol–water partition coefficient (Wildman–Crippen LogP) is 5.04. The van der Waals surface area contributed by atoms with Crippen LogP contribution in [0.1, 0.15) is 50.7 Å². The number of hydrogen-bond acceptors (Lipinski definition) is 5. The van der Waals surface area contributed by atoms with Crippen molar-refractivity contribution in [1.82, 2.24) is 5.32 Å². The fraction of sp³-hybridized carbons (Fsp3) is 0.333. The van der Waals surface area contributed by atoms with E-state index in [0.29, 0.717) is 24.2 Å². The summed E-state index contributed by atoms with van der Waals surface area (Å²) in [5.41, 5.74) is 4.64. The third kappa shape index (κ3) is 4.33. The van der Waals surface area contributed by atoms with Gasteiger partial charge in [-0.15, -0.1) is 0 Å². The van der Waals surface area contributed by atoms with Gasteiger partial charge in [0.2, 0.25) is 0 Å². The highest BCUT2D eigenvalue weighted by molar-refractivity contribution is 6.04. The minimum Gasteiger partial charge on any atom is -0.489 e. The molecule has 1 aliphatic heterocycles. The Morgan fingerprint density at radius 2 is 1.75 bits per heavy atom. The van der Waals surface area contributed by atoms with Crippen molar-refractivity contribution >= 4 is 11.8 Å². The number of nitrogens with one attached hydrogen (secondary N) is 1. The van der Waals surface area contributed by atoms with Gasteiger partial charge in [-0.2, -0.15) is 0 Å². The van der Waals surface area contributed by atoms with Crippen LogP contribution < -0.4 is 10.1 Å². The van der Waals surface area contributed by atoms with Crippen LogP contribution in [0.15, 0.2) is 77.1 Å². The van der Waals surface area contributed by atoms with Crippen molar-refractivity contribution in [1.29, 1.82) is 0 Å². The van der Waals surface area contributed by atoms with Crippen LogP contribution in [0.3, 0.4) is 0 Å². The average Bonchev–Trinajstić information content (AvgIpc) is 2.76. The number of methoxy groups -OCH3 is 1. The van der Waals surface area contributed by atoms with Gasteiger partial charge in [-0.3, -0.25) is 4.79 Å². The molecule has 0 amide bonds. The van der Waals surface area contributed by atoms with E-state index < -0.39 is 11.9 Å². The zero-order valence-corrected chi connectivity index (χ0v) is 19.0. The van der Waals surface area contributed by atoms with Gasteiger partial charge in [0.25, 0.3) is 0 Å². The van der Waals surface area contributed by atoms with Crippen molar-refractivity contribution in [2.75, 3.05) is 7.11 Å². The van der Waals surface area contributed by atoms with E-state index in [2.05, 4.69) is 19.2 Å². The molecule has 0 bridgehead atoms. The van der Waals surface area contributed by atoms with Crippen LogP contribution in [0, 0.1) is 5.41 Å². The number of allylic oxidation sites excluding steroid dienone is 3. The first-order valence-electron chi connectivity index (χ1n) is 10.9. The molecule has 0 fully saturated rings. The van der Waals surface area contributed by atoms with Gasteiger partial charge in [0.15, 0.2) is 5.78 Å². The fourth-order valence-electron chi connectivity index (χ4n) is 4.65. The monoisotopic (exact) mass is 431 g/mol. The smallest absolute Gasteiger partial charge is 0.336 e. The Morgan fingerprint density at radius 3 is 2.41 bits per heavy atom. The molecule has 4 rings (SSSR count). The Labute approximate surface area is 189 Å². The van der Waals surface area contributed by atoms with Crippen molar-refractivity contribution in [3.63, 3.8) is 0 Å². The van der Waals surface area contributed by atoms with Gasteiger partial charge in [-0.05, 0) is 42.0 Å². The molecule has 0 saturated heterocycles. The summed E-state index contributed by atoms with van der Waals surface area (Å²) in [4.78, 5) is 25.9. The predicted molar refractivity (Wildman–Crippen MR) is 123 cm³/mol. The topological polar surface area (TPSA) is 64.6 Å². The number of benzene rings is 2. The first kappa shape index (κ1) is 21.9. The van der Waals surface area contributed by atoms with Crippen LogP contribution in [0.4, 0.5) is 0 Å². The minimum atomic E-state index is -0.453. The number of ether oxygens (including phenoxy) is 2. The minimum absolute atomic E-state index is 0.0760. The van der Waals surface area contributed by atoms with Crippen molar-refractivity contribution in [2.45, 2.75) is 46.1 Å². The molecule has 5 nitrogen and oxygen atoms in total. The molecule has 2 aromatic carbocycles. The summed E-state index contributed by atoms with van der Waals surface area (Å²) in [6.45, 7) is 6.54. The third-order valence-corrected chi connectivity index (χ3v) is 6.11. The average molecular weight is 432 g/mol. The second-order valence-corrected chi connectivity index (χ2v) is 9.26. The first-order valence-corrected chi connectivity index (χ1v) is 10.9. The quantitative estimate of drug-likeness (QED) is 0.672. The van der Waals surface area contributed by atoms with Crippen molar-refractivity contribution < 1.29 is 19.1 Å². The van der Waals surface area contributed by atoms with Gasteiger partial charge >= 0.3 is 5.97 Å². The van der Waals surface area contributed by atoms with E-state index >= 15 is 0 Å². The van der Waals surface area contributed by atoms with Crippen LogP contribution in [0.2, 0.25) is 0 Å². The summed E-state index contributed by atoms with van der Waals surface area (Å²) in [5.74, 6) is -0.0664. The van der Waals surface area contributed by atoms with Gasteiger partial charge in [-0.25, -0.2) is 4.79 Å². The zero-order valence-electron chi connectivity index (χ0n) is 19.0. The lowest BCUT2D eigenvalue weighted by Gasteiger charge is -2.39. The molecule has 32 heavy (non-hydrogen) atoms. The maximum atomic E-state index is 13.2.